The lowest BCUT2D eigenvalue weighted by Gasteiger charge is -2.31. The van der Waals surface area contributed by atoms with Crippen molar-refractivity contribution in [2.45, 2.75) is 24.8 Å². The Morgan fingerprint density at radius 2 is 2.05 bits per heavy atom. The summed E-state index contributed by atoms with van der Waals surface area (Å²) >= 11 is 0. The Balaban J connectivity index is 1.71. The van der Waals surface area contributed by atoms with Crippen molar-refractivity contribution in [1.82, 2.24) is 5.32 Å². The van der Waals surface area contributed by atoms with E-state index in [1.165, 1.54) is 17.6 Å². The molecule has 1 heterocycles. The minimum Gasteiger partial charge on any atom is -0.477 e. The maximum atomic E-state index is 6.47. The van der Waals surface area contributed by atoms with E-state index in [1.54, 1.807) is 0 Å². The molecule has 3 heteroatoms. The van der Waals surface area contributed by atoms with E-state index in [4.69, 9.17) is 10.5 Å². The number of nitrogens with one attached hydrogen (secondary N) is 1. The van der Waals surface area contributed by atoms with E-state index in [-0.39, 0.29) is 0 Å². The Labute approximate surface area is 113 Å². The van der Waals surface area contributed by atoms with Crippen LogP contribution >= 0.6 is 0 Å². The minimum atomic E-state index is 0.304. The lowest BCUT2D eigenvalue weighted by Crippen LogP contribution is -2.35. The highest BCUT2D eigenvalue weighted by molar-refractivity contribution is 5.34. The molecule has 1 aromatic rings. The van der Waals surface area contributed by atoms with E-state index in [2.05, 4.69) is 35.6 Å². The monoisotopic (exact) mass is 256 g/mol. The van der Waals surface area contributed by atoms with Gasteiger partial charge in [-0.1, -0.05) is 30.3 Å². The van der Waals surface area contributed by atoms with Crippen molar-refractivity contribution in [3.05, 3.63) is 47.4 Å². The van der Waals surface area contributed by atoms with Crippen molar-refractivity contribution in [3.8, 4) is 0 Å². The fraction of sp³-hybridized carbons (Fsp3) is 0.500. The molecule has 2 saturated carbocycles. The molecule has 3 fully saturated rings. The Bertz CT molecular complexity index is 503. The maximum Gasteiger partial charge on any atom is 0.186 e. The van der Waals surface area contributed by atoms with Gasteiger partial charge in [-0.15, -0.1) is 0 Å². The van der Waals surface area contributed by atoms with Crippen molar-refractivity contribution < 1.29 is 4.74 Å². The summed E-state index contributed by atoms with van der Waals surface area (Å²) in [5.41, 5.74) is 9.34. The average Bonchev–Trinajstić information content (AvgIpc) is 3.14. The Kier molecular flexibility index (Phi) is 2.55. The summed E-state index contributed by atoms with van der Waals surface area (Å²) in [6.07, 6.45) is 2.35. The van der Waals surface area contributed by atoms with E-state index in [1.807, 2.05) is 0 Å². The molecule has 0 spiro atoms. The van der Waals surface area contributed by atoms with Gasteiger partial charge in [-0.05, 0) is 35.8 Å². The topological polar surface area (TPSA) is 47.3 Å². The molecule has 19 heavy (non-hydrogen) atoms. The van der Waals surface area contributed by atoms with Crippen LogP contribution in [0.3, 0.4) is 0 Å². The average molecular weight is 256 g/mol. The molecule has 0 radical (unpaired) electrons. The van der Waals surface area contributed by atoms with Gasteiger partial charge >= 0.3 is 0 Å². The largest absolute Gasteiger partial charge is 0.477 e. The zero-order chi connectivity index (χ0) is 12.8. The SMILES string of the molecule is NC1C2CC(=C3NCCO3)C(C2)C1c1ccccc1. The lowest BCUT2D eigenvalue weighted by molar-refractivity contribution is 0.252. The minimum absolute atomic E-state index is 0.304. The Morgan fingerprint density at radius 1 is 1.21 bits per heavy atom. The summed E-state index contributed by atoms with van der Waals surface area (Å²) in [6, 6.07) is 11.0. The predicted octanol–water partition coefficient (Wildman–Crippen LogP) is 1.97. The first-order chi connectivity index (χ1) is 9.34. The summed E-state index contributed by atoms with van der Waals surface area (Å²) in [5.74, 6) is 2.72. The molecule has 4 rings (SSSR count). The molecule has 4 unspecified atom stereocenters. The van der Waals surface area contributed by atoms with Gasteiger partial charge < -0.3 is 15.8 Å². The van der Waals surface area contributed by atoms with E-state index in [0.717, 1.165) is 25.5 Å². The van der Waals surface area contributed by atoms with Crippen LogP contribution in [0.4, 0.5) is 0 Å². The molecular weight excluding hydrogens is 236 g/mol. The van der Waals surface area contributed by atoms with E-state index in [9.17, 15) is 0 Å². The van der Waals surface area contributed by atoms with Crippen molar-refractivity contribution in [1.29, 1.82) is 0 Å². The van der Waals surface area contributed by atoms with Crippen LogP contribution < -0.4 is 11.1 Å². The predicted molar refractivity (Wildman–Crippen MR) is 74.4 cm³/mol. The van der Waals surface area contributed by atoms with Gasteiger partial charge in [0.25, 0.3) is 0 Å². The van der Waals surface area contributed by atoms with Gasteiger partial charge in [0.15, 0.2) is 5.88 Å². The summed E-state index contributed by atoms with van der Waals surface area (Å²) < 4.78 is 5.74. The van der Waals surface area contributed by atoms with E-state index >= 15 is 0 Å². The number of benzene rings is 1. The number of ether oxygens (including phenoxy) is 1. The first-order valence-electron chi connectivity index (χ1n) is 7.25. The summed E-state index contributed by atoms with van der Waals surface area (Å²) in [6.45, 7) is 1.75. The summed E-state index contributed by atoms with van der Waals surface area (Å²) in [7, 11) is 0. The molecule has 3 N–H and O–H groups in total. The molecule has 4 atom stereocenters. The normalized spacial score (nSPS) is 40.3. The van der Waals surface area contributed by atoms with Crippen molar-refractivity contribution >= 4 is 0 Å². The van der Waals surface area contributed by atoms with Crippen LogP contribution in [-0.2, 0) is 4.74 Å². The van der Waals surface area contributed by atoms with Crippen LogP contribution in [0.5, 0.6) is 0 Å². The fourth-order valence-electron chi connectivity index (χ4n) is 4.17. The van der Waals surface area contributed by atoms with Crippen LogP contribution in [-0.4, -0.2) is 19.2 Å². The molecule has 0 amide bonds. The third-order valence-corrected chi connectivity index (χ3v) is 4.99. The number of hydrogen-bond donors (Lipinski definition) is 2. The molecule has 0 aromatic heterocycles. The second-order valence-corrected chi connectivity index (χ2v) is 5.95. The fourth-order valence-corrected chi connectivity index (χ4v) is 4.17. The molecular formula is C16H20N2O. The molecule has 2 aliphatic carbocycles. The number of rotatable bonds is 1. The number of allylic oxidation sites excluding steroid dienone is 1. The van der Waals surface area contributed by atoms with Crippen molar-refractivity contribution in [3.63, 3.8) is 0 Å². The smallest absolute Gasteiger partial charge is 0.186 e. The van der Waals surface area contributed by atoms with Gasteiger partial charge in [0.05, 0.1) is 6.54 Å². The van der Waals surface area contributed by atoms with Crippen LogP contribution in [0.2, 0.25) is 0 Å². The van der Waals surface area contributed by atoms with Gasteiger partial charge in [-0.25, -0.2) is 0 Å². The zero-order valence-corrected chi connectivity index (χ0v) is 11.0. The lowest BCUT2D eigenvalue weighted by atomic mass is 9.77. The third-order valence-electron chi connectivity index (χ3n) is 4.99. The molecule has 2 bridgehead atoms. The van der Waals surface area contributed by atoms with Gasteiger partial charge in [0.2, 0.25) is 0 Å². The second kappa shape index (κ2) is 4.27. The van der Waals surface area contributed by atoms with Crippen LogP contribution in [0, 0.1) is 11.8 Å². The van der Waals surface area contributed by atoms with Crippen LogP contribution in [0.25, 0.3) is 0 Å². The molecule has 1 saturated heterocycles. The van der Waals surface area contributed by atoms with Gasteiger partial charge in [-0.2, -0.15) is 0 Å². The van der Waals surface area contributed by atoms with Gasteiger partial charge in [0.1, 0.15) is 6.61 Å². The van der Waals surface area contributed by atoms with E-state index < -0.39 is 0 Å². The standard InChI is InChI=1S/C16H20N2O/c17-15-11-8-12(13(9-11)16-18-6-7-19-16)14(15)10-4-2-1-3-5-10/h1-5,11-12,14-15,18H,6-9,17H2. The van der Waals surface area contributed by atoms with Crippen molar-refractivity contribution in [2.75, 3.05) is 13.2 Å². The highest BCUT2D eigenvalue weighted by Crippen LogP contribution is 2.55. The van der Waals surface area contributed by atoms with Crippen molar-refractivity contribution in [2.24, 2.45) is 17.6 Å². The maximum absolute atomic E-state index is 6.47. The number of nitrogens with two attached hydrogens (primary N) is 1. The first kappa shape index (κ1) is 11.4. The molecule has 100 valence electrons. The number of fused-ring (bicyclic) bond motifs is 2. The Morgan fingerprint density at radius 3 is 2.74 bits per heavy atom. The highest BCUT2D eigenvalue weighted by Gasteiger charge is 2.50. The molecule has 1 aromatic carbocycles. The van der Waals surface area contributed by atoms with Gasteiger partial charge in [0, 0.05) is 12.0 Å². The highest BCUT2D eigenvalue weighted by atomic mass is 16.5. The molecule has 3 aliphatic rings. The quantitative estimate of drug-likeness (QED) is 0.807. The molecule has 3 nitrogen and oxygen atoms in total. The molecule has 1 aliphatic heterocycles. The zero-order valence-electron chi connectivity index (χ0n) is 11.0. The van der Waals surface area contributed by atoms with E-state index in [0.29, 0.717) is 23.8 Å². The Hall–Kier alpha value is -1.48. The second-order valence-electron chi connectivity index (χ2n) is 5.95. The van der Waals surface area contributed by atoms with Gasteiger partial charge in [-0.3, -0.25) is 0 Å². The first-order valence-corrected chi connectivity index (χ1v) is 7.25. The summed E-state index contributed by atoms with van der Waals surface area (Å²) in [5, 5.41) is 3.39. The number of hydrogen-bond acceptors (Lipinski definition) is 3. The third kappa shape index (κ3) is 1.68. The van der Waals surface area contributed by atoms with Crippen LogP contribution in [0.1, 0.15) is 24.3 Å². The summed E-state index contributed by atoms with van der Waals surface area (Å²) in [4.78, 5) is 0. The van der Waals surface area contributed by atoms with Crippen LogP contribution in [0.15, 0.2) is 41.8 Å².